The zero-order valence-corrected chi connectivity index (χ0v) is 14.3. The van der Waals surface area contributed by atoms with Gasteiger partial charge in [-0.25, -0.2) is 0 Å². The maximum atomic E-state index is 12.0. The van der Waals surface area contributed by atoms with Gasteiger partial charge in [-0.15, -0.1) is 0 Å². The molecule has 0 spiro atoms. The number of nitrogens with one attached hydrogen (secondary N) is 1. The van der Waals surface area contributed by atoms with Crippen molar-refractivity contribution in [2.75, 3.05) is 40.5 Å². The molecule has 0 aliphatic carbocycles. The minimum atomic E-state index is -0.239. The fraction of sp³-hybridized carbons (Fsp3) is 0.529. The number of methoxy groups -OCH3 is 1. The molecule has 2 amide bonds. The molecule has 6 heteroatoms. The minimum Gasteiger partial charge on any atom is -0.484 e. The Kier molecular flexibility index (Phi) is 8.11. The second kappa shape index (κ2) is 9.84. The lowest BCUT2D eigenvalue weighted by Gasteiger charge is -2.17. The number of likely N-dealkylation sites (N-methyl/N-ethyl adjacent to an activating group) is 1. The summed E-state index contributed by atoms with van der Waals surface area (Å²) < 4.78 is 10.4. The lowest BCUT2D eigenvalue weighted by Crippen LogP contribution is -2.40. The van der Waals surface area contributed by atoms with Crippen LogP contribution < -0.4 is 10.1 Å². The molecule has 0 aromatic heterocycles. The van der Waals surface area contributed by atoms with Crippen molar-refractivity contribution in [3.63, 3.8) is 0 Å². The number of ether oxygens (including phenoxy) is 2. The van der Waals surface area contributed by atoms with Gasteiger partial charge in [-0.2, -0.15) is 0 Å². The molecule has 0 aliphatic rings. The highest BCUT2D eigenvalue weighted by Crippen LogP contribution is 2.18. The van der Waals surface area contributed by atoms with Gasteiger partial charge in [0.25, 0.3) is 5.91 Å². The summed E-state index contributed by atoms with van der Waals surface area (Å²) in [6, 6.07) is 5.78. The fourth-order valence-electron chi connectivity index (χ4n) is 2.01. The molecule has 6 nitrogen and oxygen atoms in total. The molecule has 128 valence electrons. The highest BCUT2D eigenvalue weighted by atomic mass is 16.5. The number of nitrogens with zero attached hydrogens (tertiary/aromatic N) is 1. The highest BCUT2D eigenvalue weighted by molar-refractivity contribution is 5.85. The van der Waals surface area contributed by atoms with Gasteiger partial charge in [0.15, 0.2) is 6.61 Å². The number of hydrogen-bond donors (Lipinski definition) is 1. The van der Waals surface area contributed by atoms with Gasteiger partial charge in [0.1, 0.15) is 5.75 Å². The van der Waals surface area contributed by atoms with E-state index in [-0.39, 0.29) is 25.0 Å². The second-order valence-corrected chi connectivity index (χ2v) is 5.50. The summed E-state index contributed by atoms with van der Waals surface area (Å²) in [6.45, 7) is 5.00. The Morgan fingerprint density at radius 3 is 2.65 bits per heavy atom. The van der Waals surface area contributed by atoms with Crippen molar-refractivity contribution in [3.8, 4) is 5.75 Å². The molecule has 1 aromatic rings. The van der Waals surface area contributed by atoms with E-state index in [0.717, 1.165) is 17.5 Å². The summed E-state index contributed by atoms with van der Waals surface area (Å²) in [4.78, 5) is 25.1. The van der Waals surface area contributed by atoms with E-state index >= 15 is 0 Å². The largest absolute Gasteiger partial charge is 0.484 e. The van der Waals surface area contributed by atoms with E-state index < -0.39 is 0 Å². The first kappa shape index (κ1) is 19.0. The van der Waals surface area contributed by atoms with Crippen molar-refractivity contribution in [1.29, 1.82) is 0 Å². The van der Waals surface area contributed by atoms with Gasteiger partial charge >= 0.3 is 0 Å². The molecule has 1 aromatic carbocycles. The average molecular weight is 322 g/mol. The Bertz CT molecular complexity index is 531. The summed E-state index contributed by atoms with van der Waals surface area (Å²) in [7, 11) is 3.20. The average Bonchev–Trinajstić information content (AvgIpc) is 2.50. The topological polar surface area (TPSA) is 67.9 Å². The van der Waals surface area contributed by atoms with E-state index in [9.17, 15) is 9.59 Å². The van der Waals surface area contributed by atoms with Crippen LogP contribution in [0.25, 0.3) is 0 Å². The van der Waals surface area contributed by atoms with E-state index in [1.807, 2.05) is 32.0 Å². The first-order chi connectivity index (χ1) is 10.9. The molecule has 0 radical (unpaired) electrons. The van der Waals surface area contributed by atoms with Gasteiger partial charge in [0.05, 0.1) is 6.54 Å². The molecule has 0 heterocycles. The molecular weight excluding hydrogens is 296 g/mol. The van der Waals surface area contributed by atoms with Gasteiger partial charge in [-0.1, -0.05) is 17.7 Å². The molecule has 23 heavy (non-hydrogen) atoms. The molecule has 0 atom stereocenters. The van der Waals surface area contributed by atoms with Crippen molar-refractivity contribution in [2.24, 2.45) is 0 Å². The van der Waals surface area contributed by atoms with E-state index in [4.69, 9.17) is 9.47 Å². The normalized spacial score (nSPS) is 10.3. The Labute approximate surface area is 137 Å². The van der Waals surface area contributed by atoms with Crippen LogP contribution in [0.15, 0.2) is 18.2 Å². The zero-order chi connectivity index (χ0) is 17.2. The highest BCUT2D eigenvalue weighted by Gasteiger charge is 2.13. The Balaban J connectivity index is 2.34. The van der Waals surface area contributed by atoms with Crippen LogP contribution in [0.2, 0.25) is 0 Å². The zero-order valence-electron chi connectivity index (χ0n) is 14.3. The van der Waals surface area contributed by atoms with Crippen LogP contribution in [-0.2, 0) is 14.3 Å². The Morgan fingerprint density at radius 1 is 1.26 bits per heavy atom. The first-order valence-corrected chi connectivity index (χ1v) is 7.63. The van der Waals surface area contributed by atoms with Crippen LogP contribution in [0.4, 0.5) is 0 Å². The van der Waals surface area contributed by atoms with Crippen molar-refractivity contribution >= 4 is 11.8 Å². The van der Waals surface area contributed by atoms with Crippen molar-refractivity contribution in [1.82, 2.24) is 10.2 Å². The predicted molar refractivity (Wildman–Crippen MR) is 88.6 cm³/mol. The van der Waals surface area contributed by atoms with E-state index in [0.29, 0.717) is 18.9 Å². The predicted octanol–water partition coefficient (Wildman–Crippen LogP) is 1.29. The summed E-state index contributed by atoms with van der Waals surface area (Å²) in [5, 5.41) is 2.74. The molecular formula is C17H26N2O4. The van der Waals surface area contributed by atoms with E-state index in [2.05, 4.69) is 5.32 Å². The first-order valence-electron chi connectivity index (χ1n) is 7.63. The summed E-state index contributed by atoms with van der Waals surface area (Å²) in [6.07, 6.45) is 0.746. The van der Waals surface area contributed by atoms with Crippen LogP contribution in [-0.4, -0.2) is 57.2 Å². The smallest absolute Gasteiger partial charge is 0.260 e. The van der Waals surface area contributed by atoms with Gasteiger partial charge in [-0.3, -0.25) is 9.59 Å². The molecule has 1 N–H and O–H groups in total. The summed E-state index contributed by atoms with van der Waals surface area (Å²) in [5.41, 5.74) is 2.12. The SMILES string of the molecule is COCCCNC(=O)CN(C)C(=O)COc1ccc(C)cc1C. The quantitative estimate of drug-likeness (QED) is 0.696. The molecule has 0 unspecified atom stereocenters. The number of amides is 2. The monoisotopic (exact) mass is 322 g/mol. The Morgan fingerprint density at radius 2 is 2.00 bits per heavy atom. The third-order valence-corrected chi connectivity index (χ3v) is 3.34. The lowest BCUT2D eigenvalue weighted by atomic mass is 10.1. The van der Waals surface area contributed by atoms with Gasteiger partial charge in [-0.05, 0) is 31.9 Å². The Hall–Kier alpha value is -2.08. The van der Waals surface area contributed by atoms with Crippen LogP contribution >= 0.6 is 0 Å². The number of hydrogen-bond acceptors (Lipinski definition) is 4. The standard InChI is InChI=1S/C17H26N2O4/c1-13-6-7-15(14(2)10-13)23-12-17(21)19(3)11-16(20)18-8-5-9-22-4/h6-7,10H,5,8-9,11-12H2,1-4H3,(H,18,20). The number of carbonyl (C=O) groups is 2. The van der Waals surface area contributed by atoms with Gasteiger partial charge in [0.2, 0.25) is 5.91 Å². The van der Waals surface area contributed by atoms with Gasteiger partial charge in [0, 0.05) is 27.3 Å². The molecule has 0 bridgehead atoms. The van der Waals surface area contributed by atoms with Crippen molar-refractivity contribution in [3.05, 3.63) is 29.3 Å². The van der Waals surface area contributed by atoms with Gasteiger partial charge < -0.3 is 19.7 Å². The third kappa shape index (κ3) is 7.15. The maximum Gasteiger partial charge on any atom is 0.260 e. The molecule has 0 saturated heterocycles. The van der Waals surface area contributed by atoms with Crippen LogP contribution in [0.1, 0.15) is 17.5 Å². The van der Waals surface area contributed by atoms with Crippen molar-refractivity contribution in [2.45, 2.75) is 20.3 Å². The molecule has 1 rings (SSSR count). The number of rotatable bonds is 9. The number of aryl methyl sites for hydroxylation is 2. The van der Waals surface area contributed by atoms with E-state index in [1.54, 1.807) is 14.2 Å². The van der Waals surface area contributed by atoms with Crippen molar-refractivity contribution < 1.29 is 19.1 Å². The summed E-state index contributed by atoms with van der Waals surface area (Å²) in [5.74, 6) is 0.252. The fourth-order valence-corrected chi connectivity index (χ4v) is 2.01. The number of benzene rings is 1. The molecule has 0 fully saturated rings. The van der Waals surface area contributed by atoms with Crippen LogP contribution in [0.3, 0.4) is 0 Å². The minimum absolute atomic E-state index is 0.0159. The molecule has 0 aliphatic heterocycles. The maximum absolute atomic E-state index is 12.0. The van der Waals surface area contributed by atoms with E-state index in [1.165, 1.54) is 4.90 Å². The summed E-state index contributed by atoms with van der Waals surface area (Å²) >= 11 is 0. The third-order valence-electron chi connectivity index (χ3n) is 3.34. The second-order valence-electron chi connectivity index (χ2n) is 5.50. The number of carbonyl (C=O) groups excluding carboxylic acids is 2. The van der Waals surface area contributed by atoms with Crippen LogP contribution in [0.5, 0.6) is 5.75 Å². The lowest BCUT2D eigenvalue weighted by molar-refractivity contribution is -0.136. The molecule has 0 saturated carbocycles. The van der Waals surface area contributed by atoms with Crippen LogP contribution in [0, 0.1) is 13.8 Å².